The second-order valence-corrected chi connectivity index (χ2v) is 6.85. The summed E-state index contributed by atoms with van der Waals surface area (Å²) in [4.78, 5) is 0. The van der Waals surface area contributed by atoms with Gasteiger partial charge in [-0.25, -0.2) is 0 Å². The first kappa shape index (κ1) is 11.3. The zero-order valence-electron chi connectivity index (χ0n) is 11.2. The molecule has 1 saturated carbocycles. The summed E-state index contributed by atoms with van der Waals surface area (Å²) in [6, 6.07) is 3.16. The molecular weight excluding hydrogens is 208 g/mol. The molecule has 2 N–H and O–H groups in total. The van der Waals surface area contributed by atoms with Crippen LogP contribution in [0.4, 0.5) is 0 Å². The van der Waals surface area contributed by atoms with Crippen LogP contribution >= 0.6 is 0 Å². The van der Waals surface area contributed by atoms with Gasteiger partial charge in [0.25, 0.3) is 0 Å². The van der Waals surface area contributed by atoms with Crippen molar-refractivity contribution in [2.75, 3.05) is 0 Å². The van der Waals surface area contributed by atoms with Gasteiger partial charge in [-0.05, 0) is 55.6 Å². The maximum atomic E-state index is 6.31. The van der Waals surface area contributed by atoms with Crippen molar-refractivity contribution < 1.29 is 0 Å². The Kier molecular flexibility index (Phi) is 2.41. The highest BCUT2D eigenvalue weighted by molar-refractivity contribution is 5.30. The molecule has 1 heterocycles. The third-order valence-electron chi connectivity index (χ3n) is 4.62. The fraction of sp³-hybridized carbons (Fsp3) is 0.733. The van der Waals surface area contributed by atoms with Gasteiger partial charge in [-0.3, -0.25) is 0 Å². The first-order chi connectivity index (χ1) is 7.98. The van der Waals surface area contributed by atoms with Crippen LogP contribution in [-0.2, 0) is 6.42 Å². The maximum absolute atomic E-state index is 6.31. The van der Waals surface area contributed by atoms with E-state index in [4.69, 9.17) is 5.73 Å². The molecule has 2 heteroatoms. The molecule has 0 radical (unpaired) electrons. The summed E-state index contributed by atoms with van der Waals surface area (Å²) in [6.45, 7) is 7.05. The Balaban J connectivity index is 1.97. The van der Waals surface area contributed by atoms with Gasteiger partial charge < -0.3 is 10.3 Å². The van der Waals surface area contributed by atoms with Gasteiger partial charge in [0, 0.05) is 24.0 Å². The molecule has 0 aliphatic heterocycles. The van der Waals surface area contributed by atoms with Gasteiger partial charge in [-0.15, -0.1) is 0 Å². The normalized spacial score (nSPS) is 28.8. The number of hydrogen-bond donors (Lipinski definition) is 1. The maximum Gasteiger partial charge on any atom is 0.0333 e. The van der Waals surface area contributed by atoms with Gasteiger partial charge in [-0.2, -0.15) is 0 Å². The molecule has 1 fully saturated rings. The van der Waals surface area contributed by atoms with E-state index in [1.165, 1.54) is 30.5 Å². The van der Waals surface area contributed by atoms with Crippen LogP contribution in [0.1, 0.15) is 63.4 Å². The summed E-state index contributed by atoms with van der Waals surface area (Å²) in [6.07, 6.45) is 7.38. The smallest absolute Gasteiger partial charge is 0.0333 e. The number of hydrogen-bond acceptors (Lipinski definition) is 1. The van der Waals surface area contributed by atoms with E-state index in [0.717, 1.165) is 12.3 Å². The summed E-state index contributed by atoms with van der Waals surface area (Å²) >= 11 is 0. The third kappa shape index (κ3) is 1.93. The first-order valence-corrected chi connectivity index (χ1v) is 6.93. The number of aromatic nitrogens is 1. The number of nitrogens with zero attached hydrogens (tertiary/aromatic N) is 1. The van der Waals surface area contributed by atoms with Crippen molar-refractivity contribution in [2.24, 2.45) is 17.1 Å². The minimum absolute atomic E-state index is 0.237. The highest BCUT2D eigenvalue weighted by atomic mass is 15.0. The fourth-order valence-electron chi connectivity index (χ4n) is 3.44. The Bertz CT molecular complexity index is 426. The van der Waals surface area contributed by atoms with Crippen LogP contribution in [-0.4, -0.2) is 4.57 Å². The molecule has 1 aromatic rings. The minimum atomic E-state index is 0.237. The molecular formula is C15H24N2. The summed E-state index contributed by atoms with van der Waals surface area (Å²) in [7, 11) is 0. The number of nitrogens with two attached hydrogens (primary N) is 1. The van der Waals surface area contributed by atoms with E-state index in [2.05, 4.69) is 37.6 Å². The largest absolute Gasteiger partial charge is 0.348 e. The average Bonchev–Trinajstić information content (AvgIpc) is 2.97. The molecule has 2 aliphatic carbocycles. The summed E-state index contributed by atoms with van der Waals surface area (Å²) in [5.74, 6) is 0.910. The SMILES string of the molecule is CC(C1CC1)n1ccc2c1CC(C)(C)CC2N. The Labute approximate surface area is 104 Å². The molecule has 0 spiro atoms. The minimum Gasteiger partial charge on any atom is -0.348 e. The molecule has 2 unspecified atom stereocenters. The molecule has 1 aromatic heterocycles. The highest BCUT2D eigenvalue weighted by Crippen LogP contribution is 2.44. The lowest BCUT2D eigenvalue weighted by atomic mass is 9.74. The second-order valence-electron chi connectivity index (χ2n) is 6.85. The van der Waals surface area contributed by atoms with Crippen LogP contribution in [0.2, 0.25) is 0 Å². The van der Waals surface area contributed by atoms with Gasteiger partial charge in [-0.1, -0.05) is 13.8 Å². The molecule has 2 aliphatic rings. The van der Waals surface area contributed by atoms with Crippen molar-refractivity contribution in [1.29, 1.82) is 0 Å². The van der Waals surface area contributed by atoms with Gasteiger partial charge in [0.15, 0.2) is 0 Å². The Hall–Kier alpha value is -0.760. The molecule has 0 aromatic carbocycles. The van der Waals surface area contributed by atoms with Crippen LogP contribution in [0.5, 0.6) is 0 Å². The van der Waals surface area contributed by atoms with Crippen molar-refractivity contribution in [3.05, 3.63) is 23.5 Å². The topological polar surface area (TPSA) is 30.9 Å². The van der Waals surface area contributed by atoms with E-state index in [1.54, 1.807) is 0 Å². The summed E-state index contributed by atoms with van der Waals surface area (Å²) < 4.78 is 2.51. The molecule has 0 saturated heterocycles. The quantitative estimate of drug-likeness (QED) is 0.832. The monoisotopic (exact) mass is 232 g/mol. The number of rotatable bonds is 2. The lowest BCUT2D eigenvalue weighted by Crippen LogP contribution is -2.31. The Morgan fingerprint density at radius 2 is 2.12 bits per heavy atom. The Morgan fingerprint density at radius 1 is 1.41 bits per heavy atom. The fourth-order valence-corrected chi connectivity index (χ4v) is 3.44. The molecule has 0 amide bonds. The highest BCUT2D eigenvalue weighted by Gasteiger charge is 2.35. The predicted molar refractivity (Wildman–Crippen MR) is 70.9 cm³/mol. The van der Waals surface area contributed by atoms with E-state index >= 15 is 0 Å². The van der Waals surface area contributed by atoms with Crippen molar-refractivity contribution in [3.63, 3.8) is 0 Å². The zero-order valence-corrected chi connectivity index (χ0v) is 11.2. The first-order valence-electron chi connectivity index (χ1n) is 6.93. The zero-order chi connectivity index (χ0) is 12.2. The van der Waals surface area contributed by atoms with Crippen molar-refractivity contribution >= 4 is 0 Å². The molecule has 2 atom stereocenters. The number of fused-ring (bicyclic) bond motifs is 1. The van der Waals surface area contributed by atoms with Gasteiger partial charge >= 0.3 is 0 Å². The van der Waals surface area contributed by atoms with Crippen LogP contribution in [0.25, 0.3) is 0 Å². The Morgan fingerprint density at radius 3 is 2.76 bits per heavy atom. The van der Waals surface area contributed by atoms with Crippen LogP contribution in [0, 0.1) is 11.3 Å². The van der Waals surface area contributed by atoms with E-state index < -0.39 is 0 Å². The molecule has 94 valence electrons. The second kappa shape index (κ2) is 3.61. The average molecular weight is 232 g/mol. The summed E-state index contributed by atoms with van der Waals surface area (Å²) in [5.41, 5.74) is 9.57. The molecule has 3 rings (SSSR count). The van der Waals surface area contributed by atoms with E-state index in [1.807, 2.05) is 0 Å². The van der Waals surface area contributed by atoms with E-state index in [-0.39, 0.29) is 6.04 Å². The molecule has 2 nitrogen and oxygen atoms in total. The van der Waals surface area contributed by atoms with Crippen molar-refractivity contribution in [1.82, 2.24) is 4.57 Å². The predicted octanol–water partition coefficient (Wildman–Crippen LogP) is 3.43. The van der Waals surface area contributed by atoms with Gasteiger partial charge in [0.2, 0.25) is 0 Å². The lowest BCUT2D eigenvalue weighted by Gasteiger charge is -2.35. The third-order valence-corrected chi connectivity index (χ3v) is 4.62. The van der Waals surface area contributed by atoms with Crippen LogP contribution < -0.4 is 5.73 Å². The molecule has 0 bridgehead atoms. The standard InChI is InChI=1S/C15H24N2/c1-10(11-4-5-11)17-7-6-12-13(16)8-15(2,3)9-14(12)17/h6-7,10-11,13H,4-5,8-9,16H2,1-3H3. The van der Waals surface area contributed by atoms with Crippen molar-refractivity contribution in [2.45, 2.75) is 58.5 Å². The van der Waals surface area contributed by atoms with Crippen LogP contribution in [0.3, 0.4) is 0 Å². The van der Waals surface area contributed by atoms with E-state index in [9.17, 15) is 0 Å². The summed E-state index contributed by atoms with van der Waals surface area (Å²) in [5, 5.41) is 0. The van der Waals surface area contributed by atoms with E-state index in [0.29, 0.717) is 11.5 Å². The van der Waals surface area contributed by atoms with Crippen LogP contribution in [0.15, 0.2) is 12.3 Å². The lowest BCUT2D eigenvalue weighted by molar-refractivity contribution is 0.270. The van der Waals surface area contributed by atoms with Gasteiger partial charge in [0.1, 0.15) is 0 Å². The van der Waals surface area contributed by atoms with Gasteiger partial charge in [0.05, 0.1) is 0 Å². The van der Waals surface area contributed by atoms with Crippen molar-refractivity contribution in [3.8, 4) is 0 Å². The molecule has 17 heavy (non-hydrogen) atoms.